The molecule has 0 saturated heterocycles. The van der Waals surface area contributed by atoms with E-state index in [0.29, 0.717) is 28.2 Å². The van der Waals surface area contributed by atoms with E-state index in [2.05, 4.69) is 33.8 Å². The zero-order valence-corrected chi connectivity index (χ0v) is 19.4. The zero-order chi connectivity index (χ0) is 25.4. The quantitative estimate of drug-likeness (QED) is 0.389. The van der Waals surface area contributed by atoms with Gasteiger partial charge in [-0.2, -0.15) is 0 Å². The number of aliphatic hydroxyl groups is 2. The van der Waals surface area contributed by atoms with Crippen molar-refractivity contribution in [2.45, 2.75) is 12.0 Å². The van der Waals surface area contributed by atoms with E-state index in [0.717, 1.165) is 7.11 Å². The Morgan fingerprint density at radius 1 is 1.03 bits per heavy atom. The fraction of sp³-hybridized carbons (Fsp3) is 0.148. The molecule has 0 saturated carbocycles. The Morgan fingerprint density at radius 3 is 2.34 bits per heavy atom. The van der Waals surface area contributed by atoms with Crippen LogP contribution in [0.3, 0.4) is 0 Å². The molecule has 2 aromatic carbocycles. The molecule has 1 amide bonds. The number of imidazole rings is 1. The maximum absolute atomic E-state index is 13.4. The highest BCUT2D eigenvalue weighted by atomic mass is 16.3. The molecule has 180 valence electrons. The van der Waals surface area contributed by atoms with E-state index in [-0.39, 0.29) is 29.9 Å². The van der Waals surface area contributed by atoms with Crippen molar-refractivity contribution in [1.29, 1.82) is 0 Å². The van der Waals surface area contributed by atoms with Crippen LogP contribution in [0.1, 0.15) is 38.4 Å². The molecule has 1 atom stereocenters. The second-order valence-corrected chi connectivity index (χ2v) is 7.71. The molecule has 0 fully saturated rings. The van der Waals surface area contributed by atoms with Crippen molar-refractivity contribution in [2.75, 3.05) is 19.0 Å². The van der Waals surface area contributed by atoms with E-state index in [4.69, 9.17) is 5.11 Å². The predicted octanol–water partition coefficient (Wildman–Crippen LogP) is 3.31. The maximum atomic E-state index is 13.4. The monoisotopic (exact) mass is 472 g/mol. The number of H-pyrrole nitrogens is 1. The number of amides is 1. The van der Waals surface area contributed by atoms with Gasteiger partial charge in [0.25, 0.3) is 5.91 Å². The topological polar surface area (TPSA) is 127 Å². The third kappa shape index (κ3) is 5.29. The number of carbonyl (C=O) groups excluding carboxylic acids is 2. The molecule has 5 N–H and O–H groups in total. The summed E-state index contributed by atoms with van der Waals surface area (Å²) in [6.45, 7) is 8.05. The smallest absolute Gasteiger partial charge is 0.252 e. The van der Waals surface area contributed by atoms with Crippen LogP contribution < -0.4 is 10.6 Å². The average molecular weight is 473 g/mol. The Morgan fingerprint density at radius 2 is 1.69 bits per heavy atom. The number of hydrogen-bond donors (Lipinski definition) is 5. The van der Waals surface area contributed by atoms with Gasteiger partial charge in [0.1, 0.15) is 5.60 Å². The summed E-state index contributed by atoms with van der Waals surface area (Å²) >= 11 is 0. The van der Waals surface area contributed by atoms with Crippen LogP contribution >= 0.6 is 0 Å². The average Bonchev–Trinajstić information content (AvgIpc) is 3.43. The van der Waals surface area contributed by atoms with Gasteiger partial charge in [-0.05, 0) is 29.8 Å². The van der Waals surface area contributed by atoms with E-state index >= 15 is 0 Å². The number of hydrogen-bond acceptors (Lipinski definition) is 6. The van der Waals surface area contributed by atoms with Gasteiger partial charge in [-0.3, -0.25) is 9.59 Å². The van der Waals surface area contributed by atoms with Crippen LogP contribution in [0.2, 0.25) is 0 Å². The lowest BCUT2D eigenvalue weighted by Gasteiger charge is -2.29. The van der Waals surface area contributed by atoms with Gasteiger partial charge in [0.2, 0.25) is 0 Å². The first kappa shape index (κ1) is 25.4. The molecule has 8 nitrogen and oxygen atoms in total. The maximum Gasteiger partial charge on any atom is 0.252 e. The Labute approximate surface area is 203 Å². The van der Waals surface area contributed by atoms with E-state index < -0.39 is 11.5 Å². The summed E-state index contributed by atoms with van der Waals surface area (Å²) in [4.78, 5) is 33.4. The van der Waals surface area contributed by atoms with Crippen LogP contribution in [-0.2, 0) is 5.60 Å². The molecule has 1 unspecified atom stereocenters. The van der Waals surface area contributed by atoms with Crippen molar-refractivity contribution >= 4 is 17.4 Å². The predicted molar refractivity (Wildman–Crippen MR) is 135 cm³/mol. The van der Waals surface area contributed by atoms with Gasteiger partial charge in [-0.15, -0.1) is 0 Å². The zero-order valence-electron chi connectivity index (χ0n) is 19.4. The molecule has 1 aromatic heterocycles. The van der Waals surface area contributed by atoms with Crippen molar-refractivity contribution in [2.24, 2.45) is 0 Å². The number of ketones is 1. The van der Waals surface area contributed by atoms with Crippen molar-refractivity contribution < 1.29 is 19.8 Å². The molecule has 0 aliphatic carbocycles. The van der Waals surface area contributed by atoms with Crippen LogP contribution in [0.25, 0.3) is 0 Å². The number of allylic oxidation sites excluding steroid dienone is 1. The van der Waals surface area contributed by atoms with E-state index in [1.807, 2.05) is 0 Å². The van der Waals surface area contributed by atoms with Crippen molar-refractivity contribution in [3.63, 3.8) is 0 Å². The summed E-state index contributed by atoms with van der Waals surface area (Å²) < 4.78 is 0. The summed E-state index contributed by atoms with van der Waals surface area (Å²) in [5, 5.41) is 24.6. The Balaban J connectivity index is 0.00000167. The third-order valence-corrected chi connectivity index (χ3v) is 5.63. The number of carbonyl (C=O) groups is 2. The summed E-state index contributed by atoms with van der Waals surface area (Å²) in [7, 11) is 1.00. The van der Waals surface area contributed by atoms with Crippen molar-refractivity contribution in [1.82, 2.24) is 15.3 Å². The first-order valence-corrected chi connectivity index (χ1v) is 10.9. The van der Waals surface area contributed by atoms with E-state index in [1.165, 1.54) is 18.6 Å². The molecule has 2 heterocycles. The number of nitrogens with zero attached hydrogens (tertiary/aromatic N) is 1. The molecular formula is C27H28N4O4. The van der Waals surface area contributed by atoms with Crippen molar-refractivity contribution in [3.05, 3.63) is 120 Å². The third-order valence-electron chi connectivity index (χ3n) is 5.63. The summed E-state index contributed by atoms with van der Waals surface area (Å²) in [5.41, 5.74) is 1.35. The first-order valence-electron chi connectivity index (χ1n) is 10.9. The molecule has 1 aliphatic heterocycles. The number of nitrogens with one attached hydrogen (secondary N) is 3. The second kappa shape index (κ2) is 11.2. The SMILES string of the molecule is C=C/C1=C\C(=C)Nc2ccccc2C(=O)c2ccccc2C(=O)NCCC1(O)c1cnc[nH]1.CO. The second-order valence-electron chi connectivity index (χ2n) is 7.71. The van der Waals surface area contributed by atoms with Gasteiger partial charge in [0.05, 0.1) is 23.8 Å². The highest BCUT2D eigenvalue weighted by Gasteiger charge is 2.34. The fourth-order valence-corrected chi connectivity index (χ4v) is 3.93. The number of anilines is 1. The highest BCUT2D eigenvalue weighted by molar-refractivity contribution is 6.17. The summed E-state index contributed by atoms with van der Waals surface area (Å²) in [5.74, 6) is -0.683. The minimum absolute atomic E-state index is 0.137. The minimum atomic E-state index is -1.50. The van der Waals surface area contributed by atoms with Crippen molar-refractivity contribution in [3.8, 4) is 0 Å². The lowest BCUT2D eigenvalue weighted by Crippen LogP contribution is -2.35. The van der Waals surface area contributed by atoms with Gasteiger partial charge < -0.3 is 25.8 Å². The van der Waals surface area contributed by atoms with Gasteiger partial charge >= 0.3 is 0 Å². The molecule has 8 heteroatoms. The number of benzene rings is 2. The molecular weight excluding hydrogens is 444 g/mol. The van der Waals surface area contributed by atoms with Gasteiger partial charge in [-0.1, -0.05) is 49.6 Å². The molecule has 0 bridgehead atoms. The van der Waals surface area contributed by atoms with Crippen LogP contribution in [0.5, 0.6) is 0 Å². The summed E-state index contributed by atoms with van der Waals surface area (Å²) in [6, 6.07) is 13.7. The molecule has 3 aromatic rings. The number of aromatic nitrogens is 2. The Kier molecular flexibility index (Phi) is 8.14. The normalized spacial score (nSPS) is 19.9. The fourth-order valence-electron chi connectivity index (χ4n) is 3.93. The number of aliphatic hydroxyl groups excluding tert-OH is 1. The molecule has 0 radical (unpaired) electrons. The molecule has 35 heavy (non-hydrogen) atoms. The molecule has 1 aliphatic rings. The van der Waals surface area contributed by atoms with Crippen LogP contribution in [0.15, 0.2) is 97.6 Å². The van der Waals surface area contributed by atoms with Crippen LogP contribution in [0.4, 0.5) is 5.69 Å². The van der Waals surface area contributed by atoms with Gasteiger partial charge in [-0.25, -0.2) is 4.98 Å². The number of para-hydroxylation sites is 1. The molecule has 4 rings (SSSR count). The van der Waals surface area contributed by atoms with Crippen LogP contribution in [0, 0.1) is 0 Å². The number of fused-ring (bicyclic) bond motifs is 2. The first-order chi connectivity index (χ1) is 16.9. The standard InChI is InChI=1S/C26H24N4O3.CH4O/c1-3-18-14-17(2)30-22-11-7-6-10-21(22)24(31)19-8-4-5-9-20(19)25(32)28-13-12-26(18,33)23-15-27-16-29-23;1-2/h3-11,14-16,30,33H,1-2,12-13H2,(H,27,29)(H,28,32);2H,1H3/b18-14+;. The number of aromatic amines is 1. The van der Waals surface area contributed by atoms with Crippen LogP contribution in [-0.4, -0.2) is 45.5 Å². The lowest BCUT2D eigenvalue weighted by atomic mass is 9.86. The Hall–Kier alpha value is -4.27. The molecule has 0 spiro atoms. The van der Waals surface area contributed by atoms with Gasteiger partial charge in [0.15, 0.2) is 5.78 Å². The lowest BCUT2D eigenvalue weighted by molar-refractivity contribution is 0.0646. The minimum Gasteiger partial charge on any atom is -0.400 e. The Bertz CT molecular complexity index is 1260. The van der Waals surface area contributed by atoms with Gasteiger partial charge in [0, 0.05) is 42.6 Å². The largest absolute Gasteiger partial charge is 0.400 e. The highest BCUT2D eigenvalue weighted by Crippen LogP contribution is 2.33. The number of rotatable bonds is 2. The summed E-state index contributed by atoms with van der Waals surface area (Å²) in [6.07, 6.45) is 6.34. The van der Waals surface area contributed by atoms with E-state index in [1.54, 1.807) is 54.6 Å². The van der Waals surface area contributed by atoms with E-state index in [9.17, 15) is 14.7 Å².